The number of piperidine rings is 1. The summed E-state index contributed by atoms with van der Waals surface area (Å²) in [5, 5.41) is 0.452. The third kappa shape index (κ3) is 3.47. The van der Waals surface area contributed by atoms with E-state index in [4.69, 9.17) is 11.6 Å². The normalized spacial score (nSPS) is 20.1. The van der Waals surface area contributed by atoms with Crippen LogP contribution in [-0.4, -0.2) is 30.1 Å². The van der Waals surface area contributed by atoms with E-state index in [9.17, 15) is 18.0 Å². The van der Waals surface area contributed by atoms with Crippen LogP contribution in [0.15, 0.2) is 22.7 Å². The van der Waals surface area contributed by atoms with Gasteiger partial charge in [0.1, 0.15) is 0 Å². The Balaban J connectivity index is 2.14. The topological polar surface area (TPSA) is 20.3 Å². The maximum atomic E-state index is 12.7. The van der Waals surface area contributed by atoms with Gasteiger partial charge in [0.05, 0.1) is 10.9 Å². The highest BCUT2D eigenvalue weighted by Gasteiger charge is 2.42. The van der Waals surface area contributed by atoms with Crippen molar-refractivity contribution in [2.45, 2.75) is 19.0 Å². The standard InChI is InChI=1S/C13H12BrClF3NO/c14-10-6-8(3-4-11(10)15)12(20)19-5-1-2-9(7-19)13(16,17)18/h3-4,6,9H,1-2,5,7H2. The number of carbonyl (C=O) groups excluding carboxylic acids is 1. The van der Waals surface area contributed by atoms with Gasteiger partial charge < -0.3 is 4.90 Å². The van der Waals surface area contributed by atoms with Crippen molar-refractivity contribution < 1.29 is 18.0 Å². The van der Waals surface area contributed by atoms with Crippen molar-refractivity contribution in [2.75, 3.05) is 13.1 Å². The highest BCUT2D eigenvalue weighted by Crippen LogP contribution is 2.33. The van der Waals surface area contributed by atoms with E-state index in [1.807, 2.05) is 0 Å². The summed E-state index contributed by atoms with van der Waals surface area (Å²) in [4.78, 5) is 13.5. The fourth-order valence-electron chi connectivity index (χ4n) is 2.24. The minimum atomic E-state index is -4.25. The molecule has 1 fully saturated rings. The Labute approximate surface area is 128 Å². The van der Waals surface area contributed by atoms with Crippen molar-refractivity contribution in [3.05, 3.63) is 33.3 Å². The van der Waals surface area contributed by atoms with Crippen LogP contribution in [0.5, 0.6) is 0 Å². The van der Waals surface area contributed by atoms with Crippen LogP contribution >= 0.6 is 27.5 Å². The van der Waals surface area contributed by atoms with Crippen molar-refractivity contribution in [1.82, 2.24) is 4.90 Å². The highest BCUT2D eigenvalue weighted by molar-refractivity contribution is 9.10. The molecular weight excluding hydrogens is 358 g/mol. The first-order valence-electron chi connectivity index (χ1n) is 6.10. The predicted molar refractivity (Wildman–Crippen MR) is 73.8 cm³/mol. The van der Waals surface area contributed by atoms with E-state index in [2.05, 4.69) is 15.9 Å². The van der Waals surface area contributed by atoms with Gasteiger partial charge >= 0.3 is 6.18 Å². The number of carbonyl (C=O) groups is 1. The quantitative estimate of drug-likeness (QED) is 0.712. The van der Waals surface area contributed by atoms with Gasteiger partial charge in [-0.3, -0.25) is 4.79 Å². The lowest BCUT2D eigenvalue weighted by Gasteiger charge is -2.33. The van der Waals surface area contributed by atoms with Gasteiger partial charge in [-0.05, 0) is 47.0 Å². The van der Waals surface area contributed by atoms with Gasteiger partial charge in [0, 0.05) is 23.1 Å². The second-order valence-electron chi connectivity index (χ2n) is 4.76. The fourth-order valence-corrected chi connectivity index (χ4v) is 2.74. The Morgan fingerprint density at radius 3 is 2.70 bits per heavy atom. The van der Waals surface area contributed by atoms with Crippen molar-refractivity contribution >= 4 is 33.4 Å². The molecule has 0 saturated carbocycles. The van der Waals surface area contributed by atoms with Gasteiger partial charge in [-0.2, -0.15) is 13.2 Å². The summed E-state index contributed by atoms with van der Waals surface area (Å²) in [6.07, 6.45) is -3.80. The zero-order valence-corrected chi connectivity index (χ0v) is 12.7. The van der Waals surface area contributed by atoms with Crippen LogP contribution < -0.4 is 0 Å². The Bertz CT molecular complexity index is 521. The largest absolute Gasteiger partial charge is 0.393 e. The SMILES string of the molecule is O=C(c1ccc(Cl)c(Br)c1)N1CCCC(C(F)(F)F)C1. The second-order valence-corrected chi connectivity index (χ2v) is 6.02. The molecule has 1 aliphatic rings. The summed E-state index contributed by atoms with van der Waals surface area (Å²) in [7, 11) is 0. The minimum Gasteiger partial charge on any atom is -0.338 e. The number of benzene rings is 1. The third-order valence-corrected chi connectivity index (χ3v) is 4.55. The van der Waals surface area contributed by atoms with Crippen LogP contribution in [0.2, 0.25) is 5.02 Å². The molecule has 1 amide bonds. The second kappa shape index (κ2) is 5.93. The van der Waals surface area contributed by atoms with Crippen LogP contribution in [0.25, 0.3) is 0 Å². The highest BCUT2D eigenvalue weighted by atomic mass is 79.9. The molecule has 110 valence electrons. The van der Waals surface area contributed by atoms with Gasteiger partial charge in [-0.15, -0.1) is 0 Å². The molecule has 0 aliphatic carbocycles. The van der Waals surface area contributed by atoms with Crippen LogP contribution in [0, 0.1) is 5.92 Å². The molecule has 1 aromatic rings. The summed E-state index contributed by atoms with van der Waals surface area (Å²) in [5.74, 6) is -1.83. The number of halogens is 5. The van der Waals surface area contributed by atoms with E-state index in [-0.39, 0.29) is 13.0 Å². The van der Waals surface area contributed by atoms with E-state index in [0.29, 0.717) is 28.0 Å². The first-order valence-corrected chi connectivity index (χ1v) is 7.27. The Kier molecular flexibility index (Phi) is 4.64. The fraction of sp³-hybridized carbons (Fsp3) is 0.462. The molecule has 0 spiro atoms. The lowest BCUT2D eigenvalue weighted by atomic mass is 9.97. The number of hydrogen-bond donors (Lipinski definition) is 0. The summed E-state index contributed by atoms with van der Waals surface area (Å²) in [6, 6.07) is 4.60. The summed E-state index contributed by atoms with van der Waals surface area (Å²) in [6.45, 7) is 0.0776. The van der Waals surface area contributed by atoms with Crippen LogP contribution in [0.3, 0.4) is 0 Å². The first-order chi connectivity index (χ1) is 9.29. The molecule has 0 radical (unpaired) electrons. The van der Waals surface area contributed by atoms with Crippen molar-refractivity contribution in [1.29, 1.82) is 0 Å². The maximum Gasteiger partial charge on any atom is 0.393 e. The molecule has 0 bridgehead atoms. The Hall–Kier alpha value is -0.750. The number of amides is 1. The Morgan fingerprint density at radius 1 is 1.40 bits per heavy atom. The van der Waals surface area contributed by atoms with Crippen molar-refractivity contribution in [3.8, 4) is 0 Å². The monoisotopic (exact) mass is 369 g/mol. The van der Waals surface area contributed by atoms with E-state index < -0.39 is 18.0 Å². The van der Waals surface area contributed by atoms with Gasteiger partial charge in [0.25, 0.3) is 5.91 Å². The van der Waals surface area contributed by atoms with E-state index in [1.165, 1.54) is 17.0 Å². The molecule has 20 heavy (non-hydrogen) atoms. The van der Waals surface area contributed by atoms with Gasteiger partial charge in [0.15, 0.2) is 0 Å². The molecule has 1 unspecified atom stereocenters. The van der Waals surface area contributed by atoms with E-state index >= 15 is 0 Å². The van der Waals surface area contributed by atoms with Gasteiger partial charge in [-0.25, -0.2) is 0 Å². The zero-order valence-electron chi connectivity index (χ0n) is 10.4. The molecule has 0 aromatic heterocycles. The van der Waals surface area contributed by atoms with Crippen LogP contribution in [0.4, 0.5) is 13.2 Å². The first kappa shape index (κ1) is 15.6. The number of rotatable bonds is 1. The summed E-state index contributed by atoms with van der Waals surface area (Å²) >= 11 is 9.03. The Morgan fingerprint density at radius 2 is 2.10 bits per heavy atom. The van der Waals surface area contributed by atoms with Crippen molar-refractivity contribution in [3.63, 3.8) is 0 Å². The molecule has 1 saturated heterocycles. The average molecular weight is 371 g/mol. The minimum absolute atomic E-state index is 0.0809. The van der Waals surface area contributed by atoms with Gasteiger partial charge in [-0.1, -0.05) is 11.6 Å². The molecule has 0 N–H and O–H groups in total. The molecule has 1 aromatic carbocycles. The lowest BCUT2D eigenvalue weighted by Crippen LogP contribution is -2.44. The van der Waals surface area contributed by atoms with E-state index in [0.717, 1.165) is 0 Å². The third-order valence-electron chi connectivity index (χ3n) is 3.34. The molecule has 2 nitrogen and oxygen atoms in total. The number of likely N-dealkylation sites (tertiary alicyclic amines) is 1. The van der Waals surface area contributed by atoms with Gasteiger partial charge in [0.2, 0.25) is 0 Å². The van der Waals surface area contributed by atoms with Crippen LogP contribution in [0.1, 0.15) is 23.2 Å². The molecule has 1 heterocycles. The lowest BCUT2D eigenvalue weighted by molar-refractivity contribution is -0.184. The predicted octanol–water partition coefficient (Wildman–Crippen LogP) is 4.52. The number of alkyl halides is 3. The molecule has 7 heteroatoms. The number of hydrogen-bond acceptors (Lipinski definition) is 1. The van der Waals surface area contributed by atoms with Crippen molar-refractivity contribution in [2.24, 2.45) is 5.92 Å². The van der Waals surface area contributed by atoms with Crippen LogP contribution in [-0.2, 0) is 0 Å². The number of nitrogens with zero attached hydrogens (tertiary/aromatic N) is 1. The summed E-state index contributed by atoms with van der Waals surface area (Å²) in [5.41, 5.74) is 0.337. The summed E-state index contributed by atoms with van der Waals surface area (Å²) < 4.78 is 38.8. The smallest absolute Gasteiger partial charge is 0.338 e. The molecule has 1 atom stereocenters. The maximum absolute atomic E-state index is 12.7. The van der Waals surface area contributed by atoms with E-state index in [1.54, 1.807) is 6.07 Å². The zero-order chi connectivity index (χ0) is 14.9. The molecule has 2 rings (SSSR count). The average Bonchev–Trinajstić information content (AvgIpc) is 2.40. The molecular formula is C13H12BrClF3NO. The molecule has 1 aliphatic heterocycles.